The third-order valence-electron chi connectivity index (χ3n) is 3.07. The average Bonchev–Trinajstić information content (AvgIpc) is 2.83. The topological polar surface area (TPSA) is 26.3 Å². The average molecular weight is 254 g/mol. The highest BCUT2D eigenvalue weighted by Crippen LogP contribution is 2.37. The molecule has 1 atom stereocenters. The summed E-state index contributed by atoms with van der Waals surface area (Å²) in [7, 11) is 0. The van der Waals surface area contributed by atoms with E-state index in [-0.39, 0.29) is 11.8 Å². The summed E-state index contributed by atoms with van der Waals surface area (Å²) >= 11 is 0. The van der Waals surface area contributed by atoms with E-state index in [0.29, 0.717) is 0 Å². The van der Waals surface area contributed by atoms with E-state index in [9.17, 15) is 9.18 Å². The third-order valence-corrected chi connectivity index (χ3v) is 3.07. The van der Waals surface area contributed by atoms with Gasteiger partial charge in [0, 0.05) is 11.6 Å². The van der Waals surface area contributed by atoms with E-state index in [0.717, 1.165) is 16.7 Å². The lowest BCUT2D eigenvalue weighted by molar-refractivity contribution is -0.138. The zero-order valence-corrected chi connectivity index (χ0v) is 10.0. The summed E-state index contributed by atoms with van der Waals surface area (Å²) in [5, 5.41) is 0. The minimum Gasteiger partial charge on any atom is -0.449 e. The van der Waals surface area contributed by atoms with Gasteiger partial charge in [-0.3, -0.25) is 0 Å². The molecule has 2 aromatic rings. The fraction of sp³-hybridized carbons (Fsp3) is 0.0625. The van der Waals surface area contributed by atoms with Crippen molar-refractivity contribution in [1.29, 1.82) is 0 Å². The number of esters is 1. The molecule has 1 aliphatic rings. The van der Waals surface area contributed by atoms with E-state index in [1.807, 2.05) is 30.3 Å². The van der Waals surface area contributed by atoms with Crippen LogP contribution in [-0.2, 0) is 9.53 Å². The lowest BCUT2D eigenvalue weighted by Gasteiger charge is -2.14. The number of ether oxygens (including phenoxy) is 1. The molecule has 1 unspecified atom stereocenters. The lowest BCUT2D eigenvalue weighted by Crippen LogP contribution is -2.03. The number of cyclic esters (lactones) is 1. The first-order valence-corrected chi connectivity index (χ1v) is 5.97. The Morgan fingerprint density at radius 3 is 2.32 bits per heavy atom. The van der Waals surface area contributed by atoms with Gasteiger partial charge in [-0.15, -0.1) is 0 Å². The first-order valence-electron chi connectivity index (χ1n) is 5.97. The van der Waals surface area contributed by atoms with Gasteiger partial charge >= 0.3 is 5.97 Å². The Hall–Kier alpha value is -2.42. The second-order valence-electron chi connectivity index (χ2n) is 4.33. The maximum Gasteiger partial charge on any atom is 0.332 e. The van der Waals surface area contributed by atoms with Crippen LogP contribution >= 0.6 is 0 Å². The molecule has 94 valence electrons. The monoisotopic (exact) mass is 254 g/mol. The molecule has 0 bridgehead atoms. The maximum absolute atomic E-state index is 12.9. The van der Waals surface area contributed by atoms with E-state index in [4.69, 9.17) is 4.74 Å². The normalized spacial score (nSPS) is 18.1. The number of halogens is 1. The summed E-state index contributed by atoms with van der Waals surface area (Å²) in [5.41, 5.74) is 2.50. The van der Waals surface area contributed by atoms with Crippen molar-refractivity contribution in [2.75, 3.05) is 0 Å². The predicted molar refractivity (Wildman–Crippen MR) is 69.7 cm³/mol. The second-order valence-corrected chi connectivity index (χ2v) is 4.33. The van der Waals surface area contributed by atoms with Crippen molar-refractivity contribution >= 4 is 11.5 Å². The lowest BCUT2D eigenvalue weighted by atomic mass is 9.96. The summed E-state index contributed by atoms with van der Waals surface area (Å²) < 4.78 is 18.2. The SMILES string of the molecule is O=C1C=C(c2ccccc2)C(c2ccc(F)cc2)O1. The first kappa shape index (κ1) is 11.7. The zero-order chi connectivity index (χ0) is 13.2. The van der Waals surface area contributed by atoms with Crippen molar-refractivity contribution in [1.82, 2.24) is 0 Å². The molecule has 1 heterocycles. The van der Waals surface area contributed by atoms with Gasteiger partial charge in [0.1, 0.15) is 5.82 Å². The Balaban J connectivity index is 2.00. The van der Waals surface area contributed by atoms with Gasteiger partial charge in [0.05, 0.1) is 0 Å². The fourth-order valence-corrected chi connectivity index (χ4v) is 2.17. The Bertz CT molecular complexity index is 630. The van der Waals surface area contributed by atoms with E-state index in [2.05, 4.69) is 0 Å². The number of benzene rings is 2. The summed E-state index contributed by atoms with van der Waals surface area (Å²) in [6.45, 7) is 0. The van der Waals surface area contributed by atoms with Gasteiger partial charge in [-0.1, -0.05) is 42.5 Å². The first-order chi connectivity index (χ1) is 9.24. The van der Waals surface area contributed by atoms with Crippen molar-refractivity contribution in [2.24, 2.45) is 0 Å². The van der Waals surface area contributed by atoms with Gasteiger partial charge in [-0.25, -0.2) is 9.18 Å². The predicted octanol–water partition coefficient (Wildman–Crippen LogP) is 3.51. The van der Waals surface area contributed by atoms with Gasteiger partial charge < -0.3 is 4.74 Å². The van der Waals surface area contributed by atoms with E-state index < -0.39 is 6.10 Å². The van der Waals surface area contributed by atoms with Gasteiger partial charge in [0.2, 0.25) is 0 Å². The molecule has 19 heavy (non-hydrogen) atoms. The van der Waals surface area contributed by atoms with Crippen LogP contribution in [0.4, 0.5) is 4.39 Å². The highest BCUT2D eigenvalue weighted by molar-refractivity contribution is 5.97. The number of carbonyl (C=O) groups excluding carboxylic acids is 1. The van der Waals surface area contributed by atoms with E-state index in [1.165, 1.54) is 18.2 Å². The molecule has 3 heteroatoms. The number of rotatable bonds is 2. The molecule has 0 spiro atoms. The van der Waals surface area contributed by atoms with Crippen molar-refractivity contribution in [2.45, 2.75) is 6.10 Å². The molecular weight excluding hydrogens is 243 g/mol. The van der Waals surface area contributed by atoms with Crippen LogP contribution in [0.2, 0.25) is 0 Å². The molecule has 0 saturated heterocycles. The van der Waals surface area contributed by atoms with Crippen LogP contribution in [0.1, 0.15) is 17.2 Å². The highest BCUT2D eigenvalue weighted by Gasteiger charge is 2.28. The fourth-order valence-electron chi connectivity index (χ4n) is 2.17. The third kappa shape index (κ3) is 2.27. The van der Waals surface area contributed by atoms with Gasteiger partial charge in [-0.05, 0) is 23.3 Å². The molecular formula is C16H11FO2. The largest absolute Gasteiger partial charge is 0.449 e. The number of carbonyl (C=O) groups is 1. The van der Waals surface area contributed by atoms with Crippen LogP contribution < -0.4 is 0 Å². The summed E-state index contributed by atoms with van der Waals surface area (Å²) in [5.74, 6) is -0.675. The molecule has 0 fully saturated rings. The quantitative estimate of drug-likeness (QED) is 0.767. The molecule has 0 amide bonds. The second kappa shape index (κ2) is 4.69. The van der Waals surface area contributed by atoms with Crippen molar-refractivity contribution < 1.29 is 13.9 Å². The maximum atomic E-state index is 12.9. The molecule has 2 aromatic carbocycles. The van der Waals surface area contributed by atoms with Gasteiger partial charge in [0.25, 0.3) is 0 Å². The van der Waals surface area contributed by atoms with Crippen molar-refractivity contribution in [3.05, 3.63) is 77.6 Å². The summed E-state index contributed by atoms with van der Waals surface area (Å²) in [6.07, 6.45) is 1.03. The van der Waals surface area contributed by atoms with Crippen LogP contribution in [0.15, 0.2) is 60.7 Å². The van der Waals surface area contributed by atoms with Crippen molar-refractivity contribution in [3.63, 3.8) is 0 Å². The molecule has 0 radical (unpaired) electrons. The molecule has 0 aromatic heterocycles. The van der Waals surface area contributed by atoms with E-state index >= 15 is 0 Å². The number of hydrogen-bond acceptors (Lipinski definition) is 2. The molecule has 0 aliphatic carbocycles. The molecule has 1 aliphatic heterocycles. The van der Waals surface area contributed by atoms with Crippen LogP contribution in [0, 0.1) is 5.82 Å². The Morgan fingerprint density at radius 2 is 1.63 bits per heavy atom. The zero-order valence-electron chi connectivity index (χ0n) is 10.0. The molecule has 0 saturated carbocycles. The molecule has 3 rings (SSSR count). The van der Waals surface area contributed by atoms with Gasteiger partial charge in [-0.2, -0.15) is 0 Å². The Kier molecular flexibility index (Phi) is 2.88. The minimum atomic E-state index is -0.463. The molecule has 0 N–H and O–H groups in total. The Labute approximate surface area is 110 Å². The van der Waals surface area contributed by atoms with Crippen LogP contribution in [0.25, 0.3) is 5.57 Å². The van der Waals surface area contributed by atoms with E-state index in [1.54, 1.807) is 12.1 Å². The van der Waals surface area contributed by atoms with Crippen molar-refractivity contribution in [3.8, 4) is 0 Å². The van der Waals surface area contributed by atoms with Crippen LogP contribution in [0.5, 0.6) is 0 Å². The molecule has 2 nitrogen and oxygen atoms in total. The smallest absolute Gasteiger partial charge is 0.332 e. The highest BCUT2D eigenvalue weighted by atomic mass is 19.1. The standard InChI is InChI=1S/C16H11FO2/c17-13-8-6-12(7-9-13)16-14(10-15(18)19-16)11-4-2-1-3-5-11/h1-10,16H. The van der Waals surface area contributed by atoms with Crippen LogP contribution in [0.3, 0.4) is 0 Å². The summed E-state index contributed by atoms with van der Waals surface area (Å²) in [4.78, 5) is 11.5. The number of hydrogen-bond donors (Lipinski definition) is 0. The Morgan fingerprint density at radius 1 is 0.947 bits per heavy atom. The van der Waals surface area contributed by atoms with Gasteiger partial charge in [0.15, 0.2) is 6.10 Å². The summed E-state index contributed by atoms with van der Waals surface area (Å²) in [6, 6.07) is 15.6. The van der Waals surface area contributed by atoms with Crippen LogP contribution in [-0.4, -0.2) is 5.97 Å². The minimum absolute atomic E-state index is 0.307.